The van der Waals surface area contributed by atoms with Gasteiger partial charge in [0.2, 0.25) is 0 Å². The second-order valence-corrected chi connectivity index (χ2v) is 6.90. The van der Waals surface area contributed by atoms with Crippen molar-refractivity contribution < 1.29 is 14.5 Å². The van der Waals surface area contributed by atoms with Crippen LogP contribution in [-0.4, -0.2) is 18.0 Å². The van der Waals surface area contributed by atoms with Gasteiger partial charge in [-0.3, -0.25) is 4.79 Å². The fourth-order valence-corrected chi connectivity index (χ4v) is 2.93. The summed E-state index contributed by atoms with van der Waals surface area (Å²) in [6, 6.07) is 8.72. The van der Waals surface area contributed by atoms with Crippen molar-refractivity contribution in [3.8, 4) is 6.07 Å². The first-order chi connectivity index (χ1) is 10.9. The molecule has 0 spiro atoms. The highest BCUT2D eigenvalue weighted by molar-refractivity contribution is 5.78. The van der Waals surface area contributed by atoms with E-state index >= 15 is 0 Å². The fraction of sp³-hybridized carbons (Fsp3) is 0.556. The molecule has 4 nitrogen and oxygen atoms in total. The molecule has 5 heteroatoms. The fourth-order valence-electron chi connectivity index (χ4n) is 2.93. The second kappa shape index (κ2) is 7.10. The van der Waals surface area contributed by atoms with Gasteiger partial charge in [-0.2, -0.15) is 5.26 Å². The first kappa shape index (κ1) is 17.4. The SMILES string of the molecule is CC(C)[C@H]([NH2+]CC(=O)N[C@](C)(C#N)C1CC1)c1ccc(F)cc1. The summed E-state index contributed by atoms with van der Waals surface area (Å²) in [5, 5.41) is 14.1. The number of hydrogen-bond acceptors (Lipinski definition) is 2. The first-order valence-corrected chi connectivity index (χ1v) is 8.17. The molecule has 0 aliphatic heterocycles. The van der Waals surface area contributed by atoms with Crippen LogP contribution >= 0.6 is 0 Å². The molecule has 1 aromatic rings. The van der Waals surface area contributed by atoms with Crippen LogP contribution < -0.4 is 10.6 Å². The molecule has 1 aliphatic carbocycles. The van der Waals surface area contributed by atoms with Crippen LogP contribution in [0.1, 0.15) is 45.2 Å². The van der Waals surface area contributed by atoms with Crippen molar-refractivity contribution in [3.63, 3.8) is 0 Å². The molecule has 1 fully saturated rings. The Morgan fingerprint density at radius 2 is 2.04 bits per heavy atom. The number of halogens is 1. The van der Waals surface area contributed by atoms with E-state index in [1.54, 1.807) is 19.1 Å². The lowest BCUT2D eigenvalue weighted by Gasteiger charge is -2.24. The molecular weight excluding hydrogens is 293 g/mol. The minimum atomic E-state index is -0.756. The molecule has 0 heterocycles. The highest BCUT2D eigenvalue weighted by Crippen LogP contribution is 2.39. The van der Waals surface area contributed by atoms with E-state index in [9.17, 15) is 14.4 Å². The van der Waals surface area contributed by atoms with E-state index in [-0.39, 0.29) is 30.2 Å². The Kier molecular flexibility index (Phi) is 5.38. The Labute approximate surface area is 137 Å². The van der Waals surface area contributed by atoms with Crippen LogP contribution in [0.15, 0.2) is 24.3 Å². The smallest absolute Gasteiger partial charge is 0.276 e. The van der Waals surface area contributed by atoms with Crippen molar-refractivity contribution in [2.24, 2.45) is 11.8 Å². The Morgan fingerprint density at radius 3 is 2.52 bits per heavy atom. The summed E-state index contributed by atoms with van der Waals surface area (Å²) in [6.07, 6.45) is 2.00. The van der Waals surface area contributed by atoms with Crippen LogP contribution in [0.5, 0.6) is 0 Å². The van der Waals surface area contributed by atoms with E-state index in [1.165, 1.54) is 12.1 Å². The Hall–Kier alpha value is -1.93. The minimum Gasteiger partial charge on any atom is -0.333 e. The standard InChI is InChI=1S/C18H24FN3O/c1-12(2)17(13-4-8-15(19)9-5-13)21-10-16(23)22-18(3,11-20)14-6-7-14/h4-5,8-9,12,14,17,21H,6-7,10H2,1-3H3,(H,22,23)/p+1/t17-,18+/m0/s1. The lowest BCUT2D eigenvalue weighted by Crippen LogP contribution is -2.88. The average molecular weight is 318 g/mol. The van der Waals surface area contributed by atoms with Gasteiger partial charge < -0.3 is 10.6 Å². The van der Waals surface area contributed by atoms with Gasteiger partial charge >= 0.3 is 0 Å². The molecule has 23 heavy (non-hydrogen) atoms. The predicted octanol–water partition coefficient (Wildman–Crippen LogP) is 1.89. The van der Waals surface area contributed by atoms with Crippen molar-refractivity contribution in [2.75, 3.05) is 6.54 Å². The normalized spacial score (nSPS) is 18.1. The number of nitrogens with two attached hydrogens (primary N) is 1. The number of rotatable bonds is 7. The molecule has 1 saturated carbocycles. The number of hydrogen-bond donors (Lipinski definition) is 2. The summed E-state index contributed by atoms with van der Waals surface area (Å²) in [5.41, 5.74) is 0.244. The van der Waals surface area contributed by atoms with E-state index in [2.05, 4.69) is 25.2 Å². The van der Waals surface area contributed by atoms with Gasteiger partial charge in [-0.15, -0.1) is 0 Å². The molecule has 0 bridgehead atoms. The van der Waals surface area contributed by atoms with Crippen molar-refractivity contribution in [3.05, 3.63) is 35.6 Å². The van der Waals surface area contributed by atoms with Crippen molar-refractivity contribution >= 4 is 5.91 Å². The molecule has 2 rings (SSSR count). The number of carbonyl (C=O) groups is 1. The average Bonchev–Trinajstić information content (AvgIpc) is 3.34. The van der Waals surface area contributed by atoms with Gasteiger partial charge in [0.25, 0.3) is 5.91 Å². The maximum Gasteiger partial charge on any atom is 0.276 e. The number of amides is 1. The van der Waals surface area contributed by atoms with E-state index in [4.69, 9.17) is 0 Å². The zero-order chi connectivity index (χ0) is 17.0. The number of nitrogens with zero attached hydrogens (tertiary/aromatic N) is 1. The van der Waals surface area contributed by atoms with E-state index in [0.717, 1.165) is 18.4 Å². The summed E-state index contributed by atoms with van der Waals surface area (Å²) in [6.45, 7) is 6.20. The lowest BCUT2D eigenvalue weighted by atomic mass is 9.95. The molecule has 1 aliphatic rings. The maximum absolute atomic E-state index is 13.1. The lowest BCUT2D eigenvalue weighted by molar-refractivity contribution is -0.692. The molecule has 1 amide bonds. The van der Waals surface area contributed by atoms with Crippen LogP contribution in [0.25, 0.3) is 0 Å². The van der Waals surface area contributed by atoms with Crippen LogP contribution in [0, 0.1) is 29.0 Å². The summed E-state index contributed by atoms with van der Waals surface area (Å²) in [4.78, 5) is 12.2. The third-order valence-electron chi connectivity index (χ3n) is 4.56. The van der Waals surface area contributed by atoms with Crippen molar-refractivity contribution in [2.45, 2.75) is 45.2 Å². The molecule has 0 unspecified atom stereocenters. The number of nitriles is 1. The zero-order valence-corrected chi connectivity index (χ0v) is 14.0. The first-order valence-electron chi connectivity index (χ1n) is 8.17. The molecule has 0 aromatic heterocycles. The van der Waals surface area contributed by atoms with Crippen LogP contribution in [-0.2, 0) is 4.79 Å². The van der Waals surface area contributed by atoms with Gasteiger partial charge in [0.05, 0.1) is 6.07 Å². The molecule has 3 N–H and O–H groups in total. The van der Waals surface area contributed by atoms with Crippen molar-refractivity contribution in [1.82, 2.24) is 5.32 Å². The topological polar surface area (TPSA) is 69.5 Å². The van der Waals surface area contributed by atoms with E-state index < -0.39 is 5.54 Å². The van der Waals surface area contributed by atoms with Crippen LogP contribution in [0.4, 0.5) is 4.39 Å². The van der Waals surface area contributed by atoms with Crippen molar-refractivity contribution in [1.29, 1.82) is 5.26 Å². The van der Waals surface area contributed by atoms with Gasteiger partial charge in [-0.05, 0) is 37.8 Å². The zero-order valence-electron chi connectivity index (χ0n) is 14.0. The third-order valence-corrected chi connectivity index (χ3v) is 4.56. The summed E-state index contributed by atoms with van der Waals surface area (Å²) in [5.74, 6) is 0.186. The highest BCUT2D eigenvalue weighted by Gasteiger charge is 2.43. The third kappa shape index (κ3) is 4.52. The largest absolute Gasteiger partial charge is 0.333 e. The van der Waals surface area contributed by atoms with E-state index in [0.29, 0.717) is 5.92 Å². The minimum absolute atomic E-state index is 0.0793. The van der Waals surface area contributed by atoms with Crippen LogP contribution in [0.3, 0.4) is 0 Å². The van der Waals surface area contributed by atoms with Gasteiger partial charge in [0.15, 0.2) is 6.54 Å². The summed E-state index contributed by atoms with van der Waals surface area (Å²) in [7, 11) is 0. The molecule has 2 atom stereocenters. The van der Waals surface area contributed by atoms with Crippen LogP contribution in [0.2, 0.25) is 0 Å². The number of benzene rings is 1. The quantitative estimate of drug-likeness (QED) is 0.806. The predicted molar refractivity (Wildman–Crippen MR) is 85.7 cm³/mol. The van der Waals surface area contributed by atoms with Gasteiger partial charge in [-0.25, -0.2) is 4.39 Å². The Bertz CT molecular complexity index is 589. The van der Waals surface area contributed by atoms with E-state index in [1.807, 2.05) is 5.32 Å². The summed E-state index contributed by atoms with van der Waals surface area (Å²) < 4.78 is 13.1. The molecular formula is C18H25FN3O+. The molecule has 124 valence electrons. The maximum atomic E-state index is 13.1. The Balaban J connectivity index is 1.95. The monoisotopic (exact) mass is 318 g/mol. The van der Waals surface area contributed by atoms with Gasteiger partial charge in [0.1, 0.15) is 17.4 Å². The molecule has 0 radical (unpaired) electrons. The van der Waals surface area contributed by atoms with Gasteiger partial charge in [0, 0.05) is 11.5 Å². The number of carbonyl (C=O) groups excluding carboxylic acids is 1. The second-order valence-electron chi connectivity index (χ2n) is 6.90. The molecule has 1 aromatic carbocycles. The highest BCUT2D eigenvalue weighted by atomic mass is 19.1. The number of quaternary nitrogens is 1. The molecule has 0 saturated heterocycles. The number of nitrogens with one attached hydrogen (secondary N) is 1. The van der Waals surface area contributed by atoms with Gasteiger partial charge in [-0.1, -0.05) is 26.0 Å². The summed E-state index contributed by atoms with van der Waals surface area (Å²) >= 11 is 0. The Morgan fingerprint density at radius 1 is 1.43 bits per heavy atom.